The Hall–Kier alpha value is -1.59. The standard InChI is InChI=1S/C23H30O9/c1-19-13-31-23(29-2)18(26)20(10-16(32-23)21(19,27)12-24)15(8-9-22(19,20)28)11-30-17(25)14-6-4-3-5-7-14/h3-7,15-16,18,24,26-28H,8-13H2,1-2H3/t15-,16+,18+,19+,20-,21-,22-,23+/m0/s1. The molecule has 4 N–H and O–H groups in total. The fourth-order valence-corrected chi connectivity index (χ4v) is 6.97. The zero-order chi connectivity index (χ0) is 23.0. The number of aliphatic hydroxyl groups excluding tert-OH is 2. The fraction of sp³-hybridized carbons (Fsp3) is 0.696. The van der Waals surface area contributed by atoms with Gasteiger partial charge in [-0.15, -0.1) is 0 Å². The molecule has 1 aromatic carbocycles. The van der Waals surface area contributed by atoms with Crippen molar-refractivity contribution in [2.45, 2.75) is 55.6 Å². The van der Waals surface area contributed by atoms with Gasteiger partial charge in [0.15, 0.2) is 0 Å². The summed E-state index contributed by atoms with van der Waals surface area (Å²) < 4.78 is 22.9. The Morgan fingerprint density at radius 2 is 1.97 bits per heavy atom. The highest BCUT2D eigenvalue weighted by atomic mass is 16.9. The van der Waals surface area contributed by atoms with Crippen molar-refractivity contribution in [3.05, 3.63) is 35.9 Å². The number of fused-ring (bicyclic) bond motifs is 1. The van der Waals surface area contributed by atoms with Gasteiger partial charge in [0.1, 0.15) is 11.7 Å². The quantitative estimate of drug-likeness (QED) is 0.464. The Kier molecular flexibility index (Phi) is 4.83. The molecule has 32 heavy (non-hydrogen) atoms. The molecule has 1 aromatic rings. The average molecular weight is 450 g/mol. The topological polar surface area (TPSA) is 135 Å². The van der Waals surface area contributed by atoms with E-state index in [1.807, 2.05) is 0 Å². The van der Waals surface area contributed by atoms with E-state index < -0.39 is 58.7 Å². The molecule has 1 spiro atoms. The van der Waals surface area contributed by atoms with Crippen molar-refractivity contribution in [1.82, 2.24) is 0 Å². The summed E-state index contributed by atoms with van der Waals surface area (Å²) in [5.41, 5.74) is -5.64. The van der Waals surface area contributed by atoms with Crippen LogP contribution in [0.2, 0.25) is 0 Å². The normalized spacial score (nSPS) is 49.0. The van der Waals surface area contributed by atoms with Crippen LogP contribution in [0.4, 0.5) is 0 Å². The largest absolute Gasteiger partial charge is 0.462 e. The molecule has 3 aliphatic heterocycles. The number of ether oxygens (including phenoxy) is 4. The van der Waals surface area contributed by atoms with Crippen LogP contribution in [0, 0.1) is 16.7 Å². The Morgan fingerprint density at radius 1 is 1.25 bits per heavy atom. The molecule has 176 valence electrons. The van der Waals surface area contributed by atoms with Crippen molar-refractivity contribution in [3.63, 3.8) is 0 Å². The van der Waals surface area contributed by atoms with Gasteiger partial charge in [-0.3, -0.25) is 0 Å². The molecule has 8 atom stereocenters. The second-order valence-corrected chi connectivity index (χ2v) is 9.82. The summed E-state index contributed by atoms with van der Waals surface area (Å²) in [6.07, 6.45) is -1.64. The molecule has 6 rings (SSSR count). The summed E-state index contributed by atoms with van der Waals surface area (Å²) in [5, 5.41) is 45.5. The van der Waals surface area contributed by atoms with Gasteiger partial charge in [-0.2, -0.15) is 0 Å². The maximum Gasteiger partial charge on any atom is 0.338 e. The number of hydrogen-bond donors (Lipinski definition) is 4. The molecule has 0 radical (unpaired) electrons. The van der Waals surface area contributed by atoms with Gasteiger partial charge < -0.3 is 39.4 Å². The summed E-state index contributed by atoms with van der Waals surface area (Å²) in [7, 11) is 1.32. The second kappa shape index (κ2) is 6.96. The number of hydrogen-bond acceptors (Lipinski definition) is 9. The SMILES string of the molecule is CO[C@]12OC[C@@]3(C)[C@@]4(O)CC[C@@H](COC(=O)c5ccccc5)[C@@]4(C[C@@H](O1)[C@@]3(O)CO)[C@H]2O. The van der Waals surface area contributed by atoms with E-state index in [9.17, 15) is 25.2 Å². The van der Waals surface area contributed by atoms with Gasteiger partial charge in [-0.1, -0.05) is 25.1 Å². The molecule has 5 aliphatic rings. The van der Waals surface area contributed by atoms with E-state index in [-0.39, 0.29) is 26.1 Å². The zero-order valence-corrected chi connectivity index (χ0v) is 18.2. The number of carbonyl (C=O) groups excluding carboxylic acids is 1. The van der Waals surface area contributed by atoms with Crippen molar-refractivity contribution in [3.8, 4) is 0 Å². The van der Waals surface area contributed by atoms with E-state index >= 15 is 0 Å². The first-order valence-electron chi connectivity index (χ1n) is 11.0. The van der Waals surface area contributed by atoms with Crippen LogP contribution >= 0.6 is 0 Å². The number of aliphatic hydroxyl groups is 4. The van der Waals surface area contributed by atoms with E-state index in [0.29, 0.717) is 12.0 Å². The predicted octanol–water partition coefficient (Wildman–Crippen LogP) is 0.194. The fourth-order valence-electron chi connectivity index (χ4n) is 6.97. The molecular weight excluding hydrogens is 420 g/mol. The van der Waals surface area contributed by atoms with Gasteiger partial charge in [0.05, 0.1) is 42.5 Å². The molecule has 4 bridgehead atoms. The van der Waals surface area contributed by atoms with Gasteiger partial charge >= 0.3 is 11.9 Å². The maximum atomic E-state index is 12.6. The van der Waals surface area contributed by atoms with E-state index in [1.54, 1.807) is 37.3 Å². The smallest absolute Gasteiger partial charge is 0.338 e. The summed E-state index contributed by atoms with van der Waals surface area (Å²) >= 11 is 0. The Balaban J connectivity index is 1.56. The summed E-state index contributed by atoms with van der Waals surface area (Å²) in [5.74, 6) is -2.86. The first-order chi connectivity index (χ1) is 15.1. The Bertz CT molecular complexity index is 910. The molecule has 0 aromatic heterocycles. The van der Waals surface area contributed by atoms with Gasteiger partial charge in [0, 0.05) is 18.4 Å². The molecule has 2 aliphatic carbocycles. The Morgan fingerprint density at radius 3 is 2.62 bits per heavy atom. The van der Waals surface area contributed by atoms with Crippen molar-refractivity contribution in [1.29, 1.82) is 0 Å². The van der Waals surface area contributed by atoms with Gasteiger partial charge in [0.2, 0.25) is 0 Å². The van der Waals surface area contributed by atoms with Crippen LogP contribution in [0.25, 0.3) is 0 Å². The third kappa shape index (κ3) is 2.34. The number of carbonyl (C=O) groups is 1. The van der Waals surface area contributed by atoms with Gasteiger partial charge in [-0.25, -0.2) is 4.79 Å². The van der Waals surface area contributed by atoms with Crippen molar-refractivity contribution in [2.75, 3.05) is 26.9 Å². The summed E-state index contributed by atoms with van der Waals surface area (Å²) in [6, 6.07) is 8.59. The molecular formula is C23H30O9. The van der Waals surface area contributed by atoms with E-state index in [0.717, 1.165) is 0 Å². The maximum absolute atomic E-state index is 12.6. The monoisotopic (exact) mass is 450 g/mol. The lowest BCUT2D eigenvalue weighted by Gasteiger charge is -2.67. The van der Waals surface area contributed by atoms with Crippen molar-refractivity contribution >= 4 is 5.97 Å². The molecule has 3 heterocycles. The highest BCUT2D eigenvalue weighted by Crippen LogP contribution is 2.73. The molecule has 0 amide bonds. The predicted molar refractivity (Wildman–Crippen MR) is 108 cm³/mol. The van der Waals surface area contributed by atoms with Gasteiger partial charge in [0.25, 0.3) is 0 Å². The minimum Gasteiger partial charge on any atom is -0.462 e. The lowest BCUT2D eigenvalue weighted by Crippen LogP contribution is -2.82. The van der Waals surface area contributed by atoms with Crippen LogP contribution in [0.1, 0.15) is 36.5 Å². The molecule has 5 fully saturated rings. The minimum atomic E-state index is -1.92. The molecule has 9 nitrogen and oxygen atoms in total. The molecule has 2 saturated carbocycles. The highest BCUT2D eigenvalue weighted by molar-refractivity contribution is 5.89. The number of rotatable bonds is 5. The van der Waals surface area contributed by atoms with Crippen molar-refractivity contribution < 1.29 is 44.2 Å². The average Bonchev–Trinajstić information content (AvgIpc) is 3.05. The van der Waals surface area contributed by atoms with E-state index in [4.69, 9.17) is 18.9 Å². The van der Waals surface area contributed by atoms with Crippen molar-refractivity contribution in [2.24, 2.45) is 16.7 Å². The van der Waals surface area contributed by atoms with Crippen LogP contribution in [-0.4, -0.2) is 82.7 Å². The minimum absolute atomic E-state index is 0.0345. The van der Waals surface area contributed by atoms with Crippen LogP contribution in [0.3, 0.4) is 0 Å². The highest BCUT2D eigenvalue weighted by Gasteiger charge is 2.86. The Labute approximate surface area is 185 Å². The first kappa shape index (κ1) is 22.2. The van der Waals surface area contributed by atoms with E-state index in [2.05, 4.69) is 0 Å². The molecule has 3 saturated heterocycles. The molecule has 9 heteroatoms. The number of benzene rings is 1. The van der Waals surface area contributed by atoms with Crippen LogP contribution in [0.5, 0.6) is 0 Å². The third-order valence-electron chi connectivity index (χ3n) is 8.92. The van der Waals surface area contributed by atoms with Crippen LogP contribution in [0.15, 0.2) is 30.3 Å². The van der Waals surface area contributed by atoms with Gasteiger partial charge in [-0.05, 0) is 31.4 Å². The zero-order valence-electron chi connectivity index (χ0n) is 18.2. The second-order valence-electron chi connectivity index (χ2n) is 9.82. The van der Waals surface area contributed by atoms with Crippen LogP contribution < -0.4 is 0 Å². The number of methoxy groups -OCH3 is 1. The third-order valence-corrected chi connectivity index (χ3v) is 8.92. The first-order valence-corrected chi connectivity index (χ1v) is 11.0. The summed E-state index contributed by atoms with van der Waals surface area (Å²) in [4.78, 5) is 12.6. The number of esters is 1. The summed E-state index contributed by atoms with van der Waals surface area (Å²) in [6.45, 7) is 0.766. The lowest BCUT2D eigenvalue weighted by molar-refractivity contribution is -0.466. The molecule has 0 unspecified atom stereocenters. The van der Waals surface area contributed by atoms with E-state index in [1.165, 1.54) is 7.11 Å². The lowest BCUT2D eigenvalue weighted by atomic mass is 9.44. The van der Waals surface area contributed by atoms with Crippen LogP contribution in [-0.2, 0) is 18.9 Å².